The highest BCUT2D eigenvalue weighted by atomic mass is 32.2. The summed E-state index contributed by atoms with van der Waals surface area (Å²) < 4.78 is 42.2. The first-order valence-corrected chi connectivity index (χ1v) is 14.7. The third kappa shape index (κ3) is 7.91. The Morgan fingerprint density at radius 2 is 1.55 bits per heavy atom. The maximum Gasteiger partial charge on any atom is 0.264 e. The molecule has 0 spiro atoms. The molecule has 1 atom stereocenters. The molecule has 0 radical (unpaired) electrons. The number of sulfonamides is 1. The standard InChI is InChI=1S/C31H38FN3O4S/c1-7-28(30(37)33-31(4,5)6)34(20-24-10-8-9-23(3)19-24)29(36)21-35(26-15-11-22(2)12-16-26)40(38,39)27-17-13-25(32)14-18-27/h8-19,28H,7,20-21H2,1-6H3,(H,33,37)/t28-/m0/s1. The molecule has 0 bridgehead atoms. The fourth-order valence-electron chi connectivity index (χ4n) is 4.35. The average Bonchev–Trinajstić information content (AvgIpc) is 2.87. The number of aryl methyl sites for hydroxylation is 2. The minimum atomic E-state index is -4.25. The van der Waals surface area contributed by atoms with Gasteiger partial charge >= 0.3 is 0 Å². The van der Waals surface area contributed by atoms with Crippen LogP contribution in [-0.4, -0.2) is 43.3 Å². The zero-order valence-corrected chi connectivity index (χ0v) is 24.8. The number of hydrogen-bond acceptors (Lipinski definition) is 4. The van der Waals surface area contributed by atoms with Crippen molar-refractivity contribution in [2.45, 2.75) is 71.0 Å². The van der Waals surface area contributed by atoms with Gasteiger partial charge in [0.15, 0.2) is 0 Å². The summed E-state index contributed by atoms with van der Waals surface area (Å²) in [5.41, 5.74) is 2.49. The van der Waals surface area contributed by atoms with Crippen molar-refractivity contribution in [1.82, 2.24) is 10.2 Å². The van der Waals surface area contributed by atoms with Gasteiger partial charge in [-0.05, 0) is 83.0 Å². The highest BCUT2D eigenvalue weighted by Crippen LogP contribution is 2.25. The first-order valence-electron chi connectivity index (χ1n) is 13.2. The van der Waals surface area contributed by atoms with E-state index in [1.807, 2.05) is 65.8 Å². The number of nitrogens with zero attached hydrogens (tertiary/aromatic N) is 2. The number of benzene rings is 3. The largest absolute Gasteiger partial charge is 0.350 e. The molecule has 9 heteroatoms. The Morgan fingerprint density at radius 3 is 2.10 bits per heavy atom. The summed E-state index contributed by atoms with van der Waals surface area (Å²) in [6, 6.07) is 18.0. The van der Waals surface area contributed by atoms with Gasteiger partial charge in [-0.1, -0.05) is 54.4 Å². The summed E-state index contributed by atoms with van der Waals surface area (Å²) in [6.45, 7) is 10.8. The number of anilines is 1. The van der Waals surface area contributed by atoms with E-state index in [1.54, 1.807) is 24.3 Å². The Labute approximate surface area is 237 Å². The Kier molecular flexibility index (Phi) is 9.73. The second-order valence-corrected chi connectivity index (χ2v) is 12.8. The van der Waals surface area contributed by atoms with Gasteiger partial charge in [0.2, 0.25) is 11.8 Å². The van der Waals surface area contributed by atoms with E-state index in [4.69, 9.17) is 0 Å². The molecule has 2 amide bonds. The summed E-state index contributed by atoms with van der Waals surface area (Å²) in [5.74, 6) is -1.43. The van der Waals surface area contributed by atoms with Crippen LogP contribution in [0.3, 0.4) is 0 Å². The van der Waals surface area contributed by atoms with E-state index < -0.39 is 39.9 Å². The van der Waals surface area contributed by atoms with Crippen LogP contribution < -0.4 is 9.62 Å². The number of nitrogens with one attached hydrogen (secondary N) is 1. The third-order valence-corrected chi connectivity index (χ3v) is 8.11. The lowest BCUT2D eigenvalue weighted by Gasteiger charge is -2.34. The van der Waals surface area contributed by atoms with Crippen LogP contribution in [0.5, 0.6) is 0 Å². The predicted octanol–water partition coefficient (Wildman–Crippen LogP) is 5.36. The van der Waals surface area contributed by atoms with Crippen LogP contribution in [0.4, 0.5) is 10.1 Å². The van der Waals surface area contributed by atoms with Gasteiger partial charge in [0.25, 0.3) is 10.0 Å². The molecule has 0 heterocycles. The molecule has 214 valence electrons. The molecule has 1 N–H and O–H groups in total. The fraction of sp³-hybridized carbons (Fsp3) is 0.355. The normalized spacial score (nSPS) is 12.5. The van der Waals surface area contributed by atoms with E-state index in [0.29, 0.717) is 6.42 Å². The first kappa shape index (κ1) is 30.8. The fourth-order valence-corrected chi connectivity index (χ4v) is 5.77. The third-order valence-electron chi connectivity index (χ3n) is 6.32. The highest BCUT2D eigenvalue weighted by Gasteiger charge is 2.34. The lowest BCUT2D eigenvalue weighted by molar-refractivity contribution is -0.141. The van der Waals surface area contributed by atoms with Gasteiger partial charge in [-0.3, -0.25) is 13.9 Å². The van der Waals surface area contributed by atoms with Gasteiger partial charge in [0.05, 0.1) is 10.6 Å². The lowest BCUT2D eigenvalue weighted by Crippen LogP contribution is -2.55. The van der Waals surface area contributed by atoms with Crippen LogP contribution in [-0.2, 0) is 26.2 Å². The van der Waals surface area contributed by atoms with Crippen molar-refractivity contribution in [2.24, 2.45) is 0 Å². The maximum absolute atomic E-state index is 14.1. The van der Waals surface area contributed by atoms with Gasteiger partial charge in [-0.15, -0.1) is 0 Å². The number of carbonyl (C=O) groups is 2. The van der Waals surface area contributed by atoms with E-state index >= 15 is 0 Å². The van der Waals surface area contributed by atoms with Crippen LogP contribution in [0.15, 0.2) is 77.7 Å². The number of amides is 2. The molecule has 3 aromatic rings. The van der Waals surface area contributed by atoms with Crippen molar-refractivity contribution in [3.8, 4) is 0 Å². The summed E-state index contributed by atoms with van der Waals surface area (Å²) in [6.07, 6.45) is 0.328. The molecule has 3 rings (SSSR count). The summed E-state index contributed by atoms with van der Waals surface area (Å²) in [5, 5.41) is 2.96. The van der Waals surface area contributed by atoms with Crippen molar-refractivity contribution >= 4 is 27.5 Å². The van der Waals surface area contributed by atoms with Crippen LogP contribution in [0.25, 0.3) is 0 Å². The zero-order valence-electron chi connectivity index (χ0n) is 23.9. The summed E-state index contributed by atoms with van der Waals surface area (Å²) in [7, 11) is -4.25. The molecule has 3 aromatic carbocycles. The topological polar surface area (TPSA) is 86.8 Å². The van der Waals surface area contributed by atoms with Crippen molar-refractivity contribution in [3.05, 3.63) is 95.3 Å². The molecule has 0 fully saturated rings. The average molecular weight is 568 g/mol. The Hall–Kier alpha value is -3.72. The monoisotopic (exact) mass is 567 g/mol. The van der Waals surface area contributed by atoms with Gasteiger partial charge in [0, 0.05) is 12.1 Å². The molecule has 0 aliphatic heterocycles. The minimum absolute atomic E-state index is 0.120. The van der Waals surface area contributed by atoms with Crippen LogP contribution in [0.2, 0.25) is 0 Å². The number of rotatable bonds is 10. The van der Waals surface area contributed by atoms with Gasteiger partial charge in [0.1, 0.15) is 18.4 Å². The highest BCUT2D eigenvalue weighted by molar-refractivity contribution is 7.92. The van der Waals surface area contributed by atoms with Crippen molar-refractivity contribution < 1.29 is 22.4 Å². The Balaban J connectivity index is 2.07. The van der Waals surface area contributed by atoms with Crippen LogP contribution in [0.1, 0.15) is 50.8 Å². The molecular weight excluding hydrogens is 529 g/mol. The molecule has 0 aliphatic rings. The smallest absolute Gasteiger partial charge is 0.264 e. The molecular formula is C31H38FN3O4S. The molecule has 7 nitrogen and oxygen atoms in total. The number of halogens is 1. The molecule has 0 aliphatic carbocycles. The summed E-state index contributed by atoms with van der Waals surface area (Å²) in [4.78, 5) is 28.7. The van der Waals surface area contributed by atoms with Gasteiger partial charge < -0.3 is 10.2 Å². The van der Waals surface area contributed by atoms with E-state index in [2.05, 4.69) is 5.32 Å². The molecule has 0 saturated carbocycles. The quantitative estimate of drug-likeness (QED) is 0.357. The van der Waals surface area contributed by atoms with E-state index in [-0.39, 0.29) is 23.0 Å². The number of hydrogen-bond donors (Lipinski definition) is 1. The summed E-state index contributed by atoms with van der Waals surface area (Å²) >= 11 is 0. The van der Waals surface area contributed by atoms with Crippen molar-refractivity contribution in [2.75, 3.05) is 10.8 Å². The van der Waals surface area contributed by atoms with E-state index in [9.17, 15) is 22.4 Å². The van der Waals surface area contributed by atoms with E-state index in [0.717, 1.165) is 33.1 Å². The molecule has 0 saturated heterocycles. The van der Waals surface area contributed by atoms with Gasteiger partial charge in [-0.25, -0.2) is 12.8 Å². The van der Waals surface area contributed by atoms with Crippen LogP contribution >= 0.6 is 0 Å². The van der Waals surface area contributed by atoms with Gasteiger partial charge in [-0.2, -0.15) is 0 Å². The molecule has 40 heavy (non-hydrogen) atoms. The second-order valence-electron chi connectivity index (χ2n) is 11.0. The Morgan fingerprint density at radius 1 is 0.925 bits per heavy atom. The first-order chi connectivity index (χ1) is 18.7. The Bertz CT molecular complexity index is 1430. The second kappa shape index (κ2) is 12.6. The zero-order chi connectivity index (χ0) is 29.7. The predicted molar refractivity (Wildman–Crippen MR) is 156 cm³/mol. The van der Waals surface area contributed by atoms with E-state index in [1.165, 1.54) is 17.0 Å². The van der Waals surface area contributed by atoms with Crippen LogP contribution in [0, 0.1) is 19.7 Å². The van der Waals surface area contributed by atoms with Crippen molar-refractivity contribution in [1.29, 1.82) is 0 Å². The number of carbonyl (C=O) groups excluding carboxylic acids is 2. The molecule has 0 aromatic heterocycles. The van der Waals surface area contributed by atoms with Crippen molar-refractivity contribution in [3.63, 3.8) is 0 Å². The minimum Gasteiger partial charge on any atom is -0.350 e. The molecule has 0 unspecified atom stereocenters. The SMILES string of the molecule is CC[C@@H](C(=O)NC(C)(C)C)N(Cc1cccc(C)c1)C(=O)CN(c1ccc(C)cc1)S(=O)(=O)c1ccc(F)cc1. The lowest BCUT2D eigenvalue weighted by atomic mass is 10.0. The maximum atomic E-state index is 14.1.